The van der Waals surface area contributed by atoms with Crippen LogP contribution in [0.3, 0.4) is 0 Å². The van der Waals surface area contributed by atoms with Crippen molar-refractivity contribution in [2.45, 2.75) is 19.5 Å². The number of hydrogen-bond donors (Lipinski definition) is 2. The Morgan fingerprint density at radius 1 is 1.29 bits per heavy atom. The van der Waals surface area contributed by atoms with E-state index < -0.39 is 5.91 Å². The van der Waals surface area contributed by atoms with Crippen LogP contribution in [0.25, 0.3) is 0 Å². The van der Waals surface area contributed by atoms with Crippen molar-refractivity contribution in [3.63, 3.8) is 0 Å². The highest BCUT2D eigenvalue weighted by Gasteiger charge is 2.13. The number of nitrogens with two attached hydrogens (primary N) is 1. The molecule has 0 fully saturated rings. The van der Waals surface area contributed by atoms with E-state index in [0.717, 1.165) is 5.56 Å². The highest BCUT2D eigenvalue weighted by Crippen LogP contribution is 2.36. The van der Waals surface area contributed by atoms with E-state index >= 15 is 0 Å². The van der Waals surface area contributed by atoms with E-state index in [0.29, 0.717) is 22.5 Å². The summed E-state index contributed by atoms with van der Waals surface area (Å²) in [5, 5.41) is 3.47. The number of amides is 1. The minimum atomic E-state index is -0.536. The van der Waals surface area contributed by atoms with E-state index in [1.807, 2.05) is 30.3 Å². The van der Waals surface area contributed by atoms with Crippen LogP contribution in [0, 0.1) is 0 Å². The molecule has 1 atom stereocenters. The summed E-state index contributed by atoms with van der Waals surface area (Å²) < 4.78 is 11.5. The van der Waals surface area contributed by atoms with Gasteiger partial charge in [-0.3, -0.25) is 4.79 Å². The molecular formula is C18H21BrN2O3. The van der Waals surface area contributed by atoms with E-state index in [1.54, 1.807) is 7.11 Å². The first-order chi connectivity index (χ1) is 11.5. The number of nitrogens with one attached hydrogen (secondary N) is 1. The molecule has 2 aromatic rings. The molecule has 2 aromatic carbocycles. The second-order valence-corrected chi connectivity index (χ2v) is 6.23. The van der Waals surface area contributed by atoms with Crippen LogP contribution < -0.4 is 20.5 Å². The van der Waals surface area contributed by atoms with Gasteiger partial charge in [0.05, 0.1) is 11.6 Å². The summed E-state index contributed by atoms with van der Waals surface area (Å²) in [6.45, 7) is 2.59. The van der Waals surface area contributed by atoms with Crippen molar-refractivity contribution in [3.05, 3.63) is 58.1 Å². The lowest BCUT2D eigenvalue weighted by Gasteiger charge is -2.17. The van der Waals surface area contributed by atoms with Crippen LogP contribution in [-0.2, 0) is 11.3 Å². The van der Waals surface area contributed by atoms with Crippen molar-refractivity contribution in [2.75, 3.05) is 13.7 Å². The summed E-state index contributed by atoms with van der Waals surface area (Å²) in [5.74, 6) is 0.484. The van der Waals surface area contributed by atoms with E-state index in [9.17, 15) is 4.79 Å². The standard InChI is InChI=1S/C18H21BrN2O3/c1-12(14-6-4-3-5-7-14)21-10-13-8-15(19)18(16(9-13)23-2)24-11-17(20)22/h3-9,12,21H,10-11H2,1-2H3,(H2,20,22)/t12-/m0/s1. The number of primary amides is 1. The van der Waals surface area contributed by atoms with Gasteiger partial charge in [0.15, 0.2) is 18.1 Å². The normalized spacial score (nSPS) is 11.8. The molecule has 0 bridgehead atoms. The second kappa shape index (κ2) is 8.70. The quantitative estimate of drug-likeness (QED) is 0.723. The van der Waals surface area contributed by atoms with Gasteiger partial charge in [-0.2, -0.15) is 0 Å². The first-order valence-electron chi connectivity index (χ1n) is 7.57. The molecule has 5 nitrogen and oxygen atoms in total. The lowest BCUT2D eigenvalue weighted by atomic mass is 10.1. The van der Waals surface area contributed by atoms with Gasteiger partial charge in [-0.1, -0.05) is 30.3 Å². The van der Waals surface area contributed by atoms with Crippen LogP contribution >= 0.6 is 15.9 Å². The van der Waals surface area contributed by atoms with Gasteiger partial charge in [0.2, 0.25) is 0 Å². The molecule has 2 rings (SSSR count). The monoisotopic (exact) mass is 392 g/mol. The highest BCUT2D eigenvalue weighted by molar-refractivity contribution is 9.10. The fraction of sp³-hybridized carbons (Fsp3) is 0.278. The summed E-state index contributed by atoms with van der Waals surface area (Å²) in [5.41, 5.74) is 7.38. The Balaban J connectivity index is 2.08. The summed E-state index contributed by atoms with van der Waals surface area (Å²) in [6.07, 6.45) is 0. The molecule has 0 aliphatic carbocycles. The molecule has 0 aliphatic heterocycles. The number of carbonyl (C=O) groups is 1. The fourth-order valence-corrected chi connectivity index (χ4v) is 2.89. The SMILES string of the molecule is COc1cc(CN[C@@H](C)c2ccccc2)cc(Br)c1OCC(N)=O. The largest absolute Gasteiger partial charge is 0.493 e. The predicted octanol–water partition coefficient (Wildman–Crippen LogP) is 3.17. The van der Waals surface area contributed by atoms with Crippen LogP contribution in [0.2, 0.25) is 0 Å². The Hall–Kier alpha value is -2.05. The lowest BCUT2D eigenvalue weighted by molar-refractivity contribution is -0.119. The van der Waals surface area contributed by atoms with Gasteiger partial charge in [-0.05, 0) is 46.1 Å². The van der Waals surface area contributed by atoms with Crippen LogP contribution in [0.15, 0.2) is 46.9 Å². The van der Waals surface area contributed by atoms with Crippen molar-refractivity contribution in [3.8, 4) is 11.5 Å². The van der Waals surface area contributed by atoms with Crippen molar-refractivity contribution < 1.29 is 14.3 Å². The van der Waals surface area contributed by atoms with Gasteiger partial charge < -0.3 is 20.5 Å². The molecule has 3 N–H and O–H groups in total. The number of ether oxygens (including phenoxy) is 2. The molecular weight excluding hydrogens is 372 g/mol. The van der Waals surface area contributed by atoms with Gasteiger partial charge in [0.1, 0.15) is 0 Å². The summed E-state index contributed by atoms with van der Waals surface area (Å²) in [4.78, 5) is 10.9. The first-order valence-corrected chi connectivity index (χ1v) is 8.36. The topological polar surface area (TPSA) is 73.6 Å². The number of carbonyl (C=O) groups excluding carboxylic acids is 1. The van der Waals surface area contributed by atoms with Crippen molar-refractivity contribution in [2.24, 2.45) is 5.73 Å². The molecule has 0 unspecified atom stereocenters. The minimum Gasteiger partial charge on any atom is -0.493 e. The molecule has 128 valence electrons. The van der Waals surface area contributed by atoms with Crippen molar-refractivity contribution >= 4 is 21.8 Å². The number of rotatable bonds is 8. The summed E-state index contributed by atoms with van der Waals surface area (Å²) in [7, 11) is 1.56. The zero-order valence-corrected chi connectivity index (χ0v) is 15.3. The van der Waals surface area contributed by atoms with Crippen molar-refractivity contribution in [1.29, 1.82) is 0 Å². The molecule has 0 spiro atoms. The van der Waals surface area contributed by atoms with Crippen LogP contribution in [0.1, 0.15) is 24.1 Å². The smallest absolute Gasteiger partial charge is 0.255 e. The number of methoxy groups -OCH3 is 1. The maximum atomic E-state index is 10.9. The van der Waals surface area contributed by atoms with Crippen LogP contribution in [0.5, 0.6) is 11.5 Å². The average Bonchev–Trinajstić information content (AvgIpc) is 2.58. The minimum absolute atomic E-state index is 0.197. The van der Waals surface area contributed by atoms with Gasteiger partial charge in [0.25, 0.3) is 5.91 Å². The molecule has 0 radical (unpaired) electrons. The molecule has 24 heavy (non-hydrogen) atoms. The summed E-state index contributed by atoms with van der Waals surface area (Å²) in [6, 6.07) is 14.3. The van der Waals surface area contributed by atoms with Gasteiger partial charge in [0, 0.05) is 12.6 Å². The van der Waals surface area contributed by atoms with Crippen LogP contribution in [0.4, 0.5) is 0 Å². The van der Waals surface area contributed by atoms with Gasteiger partial charge in [-0.15, -0.1) is 0 Å². The molecule has 0 saturated carbocycles. The molecule has 0 saturated heterocycles. The van der Waals surface area contributed by atoms with Crippen LogP contribution in [-0.4, -0.2) is 19.6 Å². The van der Waals surface area contributed by atoms with E-state index in [2.05, 4.69) is 40.3 Å². The van der Waals surface area contributed by atoms with E-state index in [1.165, 1.54) is 5.56 Å². The Bertz CT molecular complexity index is 692. The molecule has 6 heteroatoms. The molecule has 0 heterocycles. The Morgan fingerprint density at radius 2 is 2.00 bits per heavy atom. The third-order valence-electron chi connectivity index (χ3n) is 3.56. The number of hydrogen-bond acceptors (Lipinski definition) is 4. The second-order valence-electron chi connectivity index (χ2n) is 5.38. The fourth-order valence-electron chi connectivity index (χ4n) is 2.29. The summed E-state index contributed by atoms with van der Waals surface area (Å²) >= 11 is 3.46. The Labute approximate surface area is 150 Å². The predicted molar refractivity (Wildman–Crippen MR) is 97.1 cm³/mol. The lowest BCUT2D eigenvalue weighted by Crippen LogP contribution is -2.20. The van der Waals surface area contributed by atoms with Gasteiger partial charge in [-0.25, -0.2) is 0 Å². The zero-order chi connectivity index (χ0) is 17.5. The number of benzene rings is 2. The Kier molecular flexibility index (Phi) is 6.63. The first kappa shape index (κ1) is 18.3. The third kappa shape index (κ3) is 4.97. The Morgan fingerprint density at radius 3 is 2.62 bits per heavy atom. The maximum absolute atomic E-state index is 10.9. The molecule has 1 amide bonds. The third-order valence-corrected chi connectivity index (χ3v) is 4.15. The highest BCUT2D eigenvalue weighted by atomic mass is 79.9. The van der Waals surface area contributed by atoms with E-state index in [4.69, 9.17) is 15.2 Å². The average molecular weight is 393 g/mol. The van der Waals surface area contributed by atoms with Gasteiger partial charge >= 0.3 is 0 Å². The number of halogens is 1. The van der Waals surface area contributed by atoms with Crippen molar-refractivity contribution in [1.82, 2.24) is 5.32 Å². The maximum Gasteiger partial charge on any atom is 0.255 e. The molecule has 0 aromatic heterocycles. The zero-order valence-electron chi connectivity index (χ0n) is 13.7. The van der Waals surface area contributed by atoms with E-state index in [-0.39, 0.29) is 12.6 Å². The molecule has 0 aliphatic rings.